The highest BCUT2D eigenvalue weighted by Gasteiger charge is 2.13. The second-order valence-electron chi connectivity index (χ2n) is 4.41. The summed E-state index contributed by atoms with van der Waals surface area (Å²) in [6.45, 7) is 0. The second kappa shape index (κ2) is 6.73. The van der Waals surface area contributed by atoms with Gasteiger partial charge in [0.2, 0.25) is 0 Å². The summed E-state index contributed by atoms with van der Waals surface area (Å²) >= 11 is 0. The fourth-order valence-electron chi connectivity index (χ4n) is 1.97. The van der Waals surface area contributed by atoms with Crippen LogP contribution < -0.4 is 4.74 Å². The number of ether oxygens (including phenoxy) is 1. The molecule has 2 N–H and O–H groups in total. The molecule has 0 amide bonds. The maximum Gasteiger partial charge on any atom is 0.118 e. The predicted octanol–water partition coefficient (Wildman–Crippen LogP) is 3.00. The van der Waals surface area contributed by atoms with Gasteiger partial charge >= 0.3 is 0 Å². The van der Waals surface area contributed by atoms with Crippen LogP contribution in [-0.2, 0) is 0 Å². The summed E-state index contributed by atoms with van der Waals surface area (Å²) in [7, 11) is 1.59. The minimum absolute atomic E-state index is 0.243. The molecule has 1 atom stereocenters. The van der Waals surface area contributed by atoms with E-state index in [2.05, 4.69) is 5.16 Å². The van der Waals surface area contributed by atoms with Gasteiger partial charge in [-0.2, -0.15) is 0 Å². The van der Waals surface area contributed by atoms with Gasteiger partial charge in [0.25, 0.3) is 0 Å². The Labute approximate surface area is 117 Å². The topological polar surface area (TPSA) is 62.0 Å². The Bertz CT molecular complexity index is 564. The highest BCUT2D eigenvalue weighted by molar-refractivity contribution is 6.00. The zero-order chi connectivity index (χ0) is 14.4. The van der Waals surface area contributed by atoms with Crippen molar-refractivity contribution in [2.45, 2.75) is 12.5 Å². The Kier molecular flexibility index (Phi) is 4.74. The van der Waals surface area contributed by atoms with Crippen LogP contribution in [0.25, 0.3) is 0 Å². The fourth-order valence-corrected chi connectivity index (χ4v) is 1.97. The summed E-state index contributed by atoms with van der Waals surface area (Å²) in [5.74, 6) is 0.736. The predicted molar refractivity (Wildman–Crippen MR) is 77.3 cm³/mol. The standard InChI is InChI=1S/C16H17NO3/c1-20-14-9-7-13(8-10-14)16(18)11-15(17-19)12-5-3-2-4-6-12/h2-10,16,18-19H,11H2,1H3/b17-15-. The molecule has 4 heteroatoms. The maximum atomic E-state index is 10.2. The third-order valence-corrected chi connectivity index (χ3v) is 3.11. The van der Waals surface area contributed by atoms with E-state index >= 15 is 0 Å². The summed E-state index contributed by atoms with van der Waals surface area (Å²) < 4.78 is 5.08. The van der Waals surface area contributed by atoms with Crippen LogP contribution in [0.3, 0.4) is 0 Å². The molecule has 0 fully saturated rings. The Morgan fingerprint density at radius 3 is 2.30 bits per heavy atom. The largest absolute Gasteiger partial charge is 0.497 e. The zero-order valence-corrected chi connectivity index (χ0v) is 11.2. The van der Waals surface area contributed by atoms with Gasteiger partial charge in [0.15, 0.2) is 0 Å². The van der Waals surface area contributed by atoms with Crippen molar-refractivity contribution in [3.63, 3.8) is 0 Å². The van der Waals surface area contributed by atoms with Crippen molar-refractivity contribution in [3.8, 4) is 5.75 Å². The van der Waals surface area contributed by atoms with Crippen LogP contribution in [0, 0.1) is 0 Å². The van der Waals surface area contributed by atoms with Crippen LogP contribution in [0.5, 0.6) is 5.75 Å². The van der Waals surface area contributed by atoms with E-state index < -0.39 is 6.10 Å². The normalized spacial score (nSPS) is 13.0. The number of methoxy groups -OCH3 is 1. The number of hydrogen-bond donors (Lipinski definition) is 2. The molecule has 0 spiro atoms. The summed E-state index contributed by atoms with van der Waals surface area (Å²) in [6, 6.07) is 16.5. The van der Waals surface area contributed by atoms with Crippen LogP contribution in [-0.4, -0.2) is 23.1 Å². The first-order valence-corrected chi connectivity index (χ1v) is 6.33. The van der Waals surface area contributed by atoms with E-state index in [9.17, 15) is 5.11 Å². The molecule has 0 aliphatic rings. The Morgan fingerprint density at radius 1 is 1.10 bits per heavy atom. The number of aliphatic hydroxyl groups excluding tert-OH is 1. The van der Waals surface area contributed by atoms with Crippen LogP contribution in [0.2, 0.25) is 0 Å². The summed E-state index contributed by atoms with van der Waals surface area (Å²) in [4.78, 5) is 0. The van der Waals surface area contributed by atoms with Crippen molar-refractivity contribution in [1.29, 1.82) is 0 Å². The van der Waals surface area contributed by atoms with E-state index in [1.807, 2.05) is 30.3 Å². The molecule has 0 saturated heterocycles. The molecule has 0 aromatic heterocycles. The van der Waals surface area contributed by atoms with E-state index in [0.29, 0.717) is 5.71 Å². The third-order valence-electron chi connectivity index (χ3n) is 3.11. The van der Waals surface area contributed by atoms with Gasteiger partial charge in [0.1, 0.15) is 5.75 Å². The first-order valence-electron chi connectivity index (χ1n) is 6.33. The molecule has 0 aliphatic heterocycles. The zero-order valence-electron chi connectivity index (χ0n) is 11.2. The summed E-state index contributed by atoms with van der Waals surface area (Å²) in [6.07, 6.45) is -0.487. The average Bonchev–Trinajstić information content (AvgIpc) is 2.53. The molecule has 104 valence electrons. The van der Waals surface area contributed by atoms with Gasteiger partial charge in [-0.15, -0.1) is 0 Å². The van der Waals surface area contributed by atoms with Crippen molar-refractivity contribution >= 4 is 5.71 Å². The highest BCUT2D eigenvalue weighted by atomic mass is 16.5. The Morgan fingerprint density at radius 2 is 1.75 bits per heavy atom. The number of benzene rings is 2. The minimum atomic E-state index is -0.730. The number of rotatable bonds is 5. The minimum Gasteiger partial charge on any atom is -0.497 e. The number of aliphatic hydroxyl groups is 1. The molecular weight excluding hydrogens is 254 g/mol. The molecule has 0 aliphatic carbocycles. The van der Waals surface area contributed by atoms with E-state index in [4.69, 9.17) is 9.94 Å². The fraction of sp³-hybridized carbons (Fsp3) is 0.188. The lowest BCUT2D eigenvalue weighted by atomic mass is 9.99. The molecule has 0 radical (unpaired) electrons. The van der Waals surface area contributed by atoms with Crippen molar-refractivity contribution in [2.75, 3.05) is 7.11 Å². The van der Waals surface area contributed by atoms with Gasteiger partial charge in [-0.25, -0.2) is 0 Å². The first kappa shape index (κ1) is 14.1. The van der Waals surface area contributed by atoms with Crippen molar-refractivity contribution in [2.24, 2.45) is 5.16 Å². The average molecular weight is 271 g/mol. The lowest BCUT2D eigenvalue weighted by Crippen LogP contribution is -2.08. The highest BCUT2D eigenvalue weighted by Crippen LogP contribution is 2.22. The lowest BCUT2D eigenvalue weighted by molar-refractivity contribution is 0.184. The smallest absolute Gasteiger partial charge is 0.118 e. The van der Waals surface area contributed by atoms with Crippen molar-refractivity contribution < 1.29 is 15.1 Å². The molecular formula is C16H17NO3. The molecule has 1 unspecified atom stereocenters. The lowest BCUT2D eigenvalue weighted by Gasteiger charge is -2.12. The second-order valence-corrected chi connectivity index (χ2v) is 4.41. The van der Waals surface area contributed by atoms with Crippen LogP contribution >= 0.6 is 0 Å². The molecule has 0 saturated carbocycles. The summed E-state index contributed by atoms with van der Waals surface area (Å²) in [5, 5.41) is 22.6. The molecule has 2 aromatic rings. The van der Waals surface area contributed by atoms with Crippen LogP contribution in [0.15, 0.2) is 59.8 Å². The first-order chi connectivity index (χ1) is 9.74. The molecule has 0 bridgehead atoms. The Hall–Kier alpha value is -2.33. The monoisotopic (exact) mass is 271 g/mol. The SMILES string of the molecule is COc1ccc(C(O)C/C(=N/O)c2ccccc2)cc1. The van der Waals surface area contributed by atoms with Gasteiger partial charge in [-0.3, -0.25) is 0 Å². The summed E-state index contributed by atoms with van der Waals surface area (Å²) in [5.41, 5.74) is 2.00. The third kappa shape index (κ3) is 3.36. The van der Waals surface area contributed by atoms with Crippen molar-refractivity contribution in [3.05, 3.63) is 65.7 Å². The van der Waals surface area contributed by atoms with Crippen LogP contribution in [0.4, 0.5) is 0 Å². The maximum absolute atomic E-state index is 10.2. The number of nitrogens with zero attached hydrogens (tertiary/aromatic N) is 1. The van der Waals surface area contributed by atoms with Gasteiger partial charge in [-0.05, 0) is 23.3 Å². The van der Waals surface area contributed by atoms with Crippen LogP contribution in [0.1, 0.15) is 23.7 Å². The number of oxime groups is 1. The van der Waals surface area contributed by atoms with E-state index in [-0.39, 0.29) is 6.42 Å². The van der Waals surface area contributed by atoms with Gasteiger partial charge in [0, 0.05) is 6.42 Å². The van der Waals surface area contributed by atoms with Crippen molar-refractivity contribution in [1.82, 2.24) is 0 Å². The molecule has 20 heavy (non-hydrogen) atoms. The van der Waals surface area contributed by atoms with Gasteiger partial charge in [0.05, 0.1) is 18.9 Å². The van der Waals surface area contributed by atoms with Gasteiger partial charge in [-0.1, -0.05) is 47.6 Å². The number of hydrogen-bond acceptors (Lipinski definition) is 4. The van der Waals surface area contributed by atoms with E-state index in [1.54, 1.807) is 31.4 Å². The molecule has 0 heterocycles. The molecule has 2 rings (SSSR count). The molecule has 4 nitrogen and oxygen atoms in total. The molecule has 2 aromatic carbocycles. The van der Waals surface area contributed by atoms with Gasteiger partial charge < -0.3 is 15.1 Å². The Balaban J connectivity index is 2.11. The van der Waals surface area contributed by atoms with E-state index in [0.717, 1.165) is 16.9 Å². The van der Waals surface area contributed by atoms with E-state index in [1.165, 1.54) is 0 Å². The quantitative estimate of drug-likeness (QED) is 0.499.